The Morgan fingerprint density at radius 3 is 1.73 bits per heavy atom. The summed E-state index contributed by atoms with van der Waals surface area (Å²) in [5.74, 6) is -1.60. The van der Waals surface area contributed by atoms with Crippen molar-refractivity contribution in [3.63, 3.8) is 0 Å². The molecule has 0 aromatic rings. The number of hydrogen-bond acceptors (Lipinski definition) is 2. The molecule has 0 aliphatic carbocycles. The summed E-state index contributed by atoms with van der Waals surface area (Å²) in [5, 5.41) is 0. The molecule has 0 aromatic carbocycles. The van der Waals surface area contributed by atoms with Crippen molar-refractivity contribution >= 4 is 21.1 Å². The van der Waals surface area contributed by atoms with Gasteiger partial charge in [-0.3, -0.25) is 0 Å². The monoisotopic (exact) mass is 244 g/mol. The van der Waals surface area contributed by atoms with Crippen LogP contribution in [-0.2, 0) is 9.05 Å². The Morgan fingerprint density at radius 2 is 1.45 bits per heavy atom. The predicted molar refractivity (Wildman–Crippen MR) is 51.1 cm³/mol. The van der Waals surface area contributed by atoms with E-state index in [0.29, 0.717) is 0 Å². The molecule has 0 aliphatic rings. The number of hydrogen-bond donors (Lipinski definition) is 0. The van der Waals surface area contributed by atoms with Crippen molar-refractivity contribution < 1.29 is 9.05 Å². The third-order valence-electron chi connectivity index (χ3n) is 1.06. The van der Waals surface area contributed by atoms with Crippen LogP contribution in [0.3, 0.4) is 0 Å². The average Bonchev–Trinajstić information content (AvgIpc) is 1.97. The Hall–Kier alpha value is 0.869. The van der Waals surface area contributed by atoms with Crippen molar-refractivity contribution in [2.45, 2.75) is 26.7 Å². The molecule has 0 saturated heterocycles. The summed E-state index contributed by atoms with van der Waals surface area (Å²) >= 11 is 2.99. The van der Waals surface area contributed by atoms with Crippen LogP contribution in [0.5, 0.6) is 0 Å². The van der Waals surface area contributed by atoms with Crippen molar-refractivity contribution in [2.24, 2.45) is 0 Å². The van der Waals surface area contributed by atoms with Crippen LogP contribution >= 0.6 is 5.96 Å². The van der Waals surface area contributed by atoms with Gasteiger partial charge in [0.05, 0.1) is 0 Å². The Bertz CT molecular complexity index is 126. The Balaban J connectivity index is 3.53. The van der Waals surface area contributed by atoms with Gasteiger partial charge >= 0.3 is 76.7 Å². The fourth-order valence-corrected chi connectivity index (χ4v) is 2.59. The molecule has 0 rings (SSSR count). The van der Waals surface area contributed by atoms with Gasteiger partial charge in [-0.2, -0.15) is 0 Å². The summed E-state index contributed by atoms with van der Waals surface area (Å²) in [7, 11) is 0. The van der Waals surface area contributed by atoms with E-state index in [1.807, 2.05) is 6.66 Å². The first-order valence-corrected chi connectivity index (χ1v) is 8.27. The topological polar surface area (TPSA) is 18.5 Å². The van der Waals surface area contributed by atoms with Crippen LogP contribution in [0.2, 0.25) is 0 Å². The molecule has 0 atom stereocenters. The molecule has 0 fully saturated rings. The first-order valence-electron chi connectivity index (χ1n) is 3.99. The van der Waals surface area contributed by atoms with E-state index in [4.69, 9.17) is 9.05 Å². The summed E-state index contributed by atoms with van der Waals surface area (Å²) in [6.45, 7) is 7.79. The molecule has 0 aromatic heterocycles. The van der Waals surface area contributed by atoms with Gasteiger partial charge in [0.1, 0.15) is 0 Å². The summed E-state index contributed by atoms with van der Waals surface area (Å²) in [6, 6.07) is 0. The van der Waals surface area contributed by atoms with Crippen LogP contribution < -0.4 is 0 Å². The molecule has 0 amide bonds. The minimum absolute atomic E-state index is 0.793. The molecule has 0 radical (unpaired) electrons. The van der Waals surface area contributed by atoms with Gasteiger partial charge < -0.3 is 0 Å². The van der Waals surface area contributed by atoms with E-state index in [2.05, 4.69) is 28.9 Å². The molecule has 0 N–H and O–H groups in total. The van der Waals surface area contributed by atoms with E-state index in [9.17, 15) is 0 Å². The van der Waals surface area contributed by atoms with Gasteiger partial charge in [-0.15, -0.1) is 0 Å². The van der Waals surface area contributed by atoms with Crippen molar-refractivity contribution in [1.82, 2.24) is 0 Å². The fraction of sp³-hybridized carbons (Fsp3) is 1.00. The van der Waals surface area contributed by atoms with Crippen LogP contribution in [0.1, 0.15) is 26.7 Å². The third-order valence-corrected chi connectivity index (χ3v) is 3.69. The van der Waals surface area contributed by atoms with Gasteiger partial charge in [-0.1, -0.05) is 0 Å². The zero-order valence-electron chi connectivity index (χ0n) is 7.50. The molecule has 0 heterocycles. The van der Waals surface area contributed by atoms with Gasteiger partial charge in [0.25, 0.3) is 0 Å². The van der Waals surface area contributed by atoms with Crippen LogP contribution in [0.25, 0.3) is 0 Å². The van der Waals surface area contributed by atoms with E-state index >= 15 is 0 Å². The van der Waals surface area contributed by atoms with Gasteiger partial charge in [-0.25, -0.2) is 0 Å². The molecule has 0 saturated carbocycles. The van der Waals surface area contributed by atoms with E-state index < -0.39 is 5.96 Å². The van der Waals surface area contributed by atoms with Crippen LogP contribution in [0.4, 0.5) is 0 Å². The van der Waals surface area contributed by atoms with Crippen molar-refractivity contribution in [1.29, 1.82) is 0 Å². The van der Waals surface area contributed by atoms with E-state index in [1.165, 1.54) is 0 Å². The summed E-state index contributed by atoms with van der Waals surface area (Å²) < 4.78 is 11.0. The Kier molecular flexibility index (Phi) is 6.90. The third kappa shape index (κ3) is 7.24. The minimum atomic E-state index is -1.60. The van der Waals surface area contributed by atoms with Crippen molar-refractivity contribution in [2.75, 3.05) is 19.9 Å². The summed E-state index contributed by atoms with van der Waals surface area (Å²) in [5.41, 5.74) is 0. The second-order valence-corrected chi connectivity index (χ2v) is 8.67. The van der Waals surface area contributed by atoms with Gasteiger partial charge in [0.15, 0.2) is 0 Å². The standard InChI is InChI=1S/C7H17O2PSe/c1-4-6-8-10(3,11)9-7-5-2/h4-7H2,1-3H3. The van der Waals surface area contributed by atoms with Crippen LogP contribution in [-0.4, -0.2) is 35.0 Å². The molecule has 68 valence electrons. The zero-order valence-corrected chi connectivity index (χ0v) is 10.1. The first-order chi connectivity index (χ1) is 5.12. The molecule has 4 heteroatoms. The quantitative estimate of drug-likeness (QED) is 0.526. The summed E-state index contributed by atoms with van der Waals surface area (Å²) in [6.07, 6.45) is 2.10. The van der Waals surface area contributed by atoms with Crippen LogP contribution in [0, 0.1) is 0 Å². The molecule has 2 nitrogen and oxygen atoms in total. The first kappa shape index (κ1) is 11.9. The second kappa shape index (κ2) is 6.39. The van der Waals surface area contributed by atoms with E-state index in [0.717, 1.165) is 26.1 Å². The second-order valence-electron chi connectivity index (χ2n) is 2.44. The normalized spacial score (nSPS) is 11.9. The molecular weight excluding hydrogens is 226 g/mol. The molecule has 11 heavy (non-hydrogen) atoms. The molecule has 0 aliphatic heterocycles. The summed E-state index contributed by atoms with van der Waals surface area (Å²) in [4.78, 5) is 0. The average molecular weight is 243 g/mol. The van der Waals surface area contributed by atoms with Gasteiger partial charge in [-0.05, 0) is 0 Å². The van der Waals surface area contributed by atoms with Crippen molar-refractivity contribution in [3.05, 3.63) is 0 Å². The fourth-order valence-electron chi connectivity index (χ4n) is 0.551. The van der Waals surface area contributed by atoms with E-state index in [-0.39, 0.29) is 0 Å². The zero-order chi connectivity index (χ0) is 8.74. The molecule has 0 bridgehead atoms. The van der Waals surface area contributed by atoms with E-state index in [1.54, 1.807) is 0 Å². The molecular formula is C7H17O2PSe. The number of rotatable bonds is 6. The molecule has 0 unspecified atom stereocenters. The maximum atomic E-state index is 5.51. The Morgan fingerprint density at radius 1 is 1.09 bits per heavy atom. The van der Waals surface area contributed by atoms with Gasteiger partial charge in [0, 0.05) is 0 Å². The van der Waals surface area contributed by atoms with Crippen LogP contribution in [0.15, 0.2) is 0 Å². The molecule has 0 spiro atoms. The van der Waals surface area contributed by atoms with Gasteiger partial charge in [0.2, 0.25) is 0 Å². The van der Waals surface area contributed by atoms with Crippen molar-refractivity contribution in [3.8, 4) is 0 Å². The predicted octanol–water partition coefficient (Wildman–Crippen LogP) is 2.40. The maximum absolute atomic E-state index is 5.51. The SMILES string of the molecule is CCCOP(C)(=[Se])OCCC. The Labute approximate surface area is 77.0 Å².